The number of alkyl halides is 3. The van der Waals surface area contributed by atoms with Gasteiger partial charge in [0.15, 0.2) is 0 Å². The molecule has 0 aromatic rings. The monoisotopic (exact) mass is 238 g/mol. The van der Waals surface area contributed by atoms with Gasteiger partial charge in [-0.3, -0.25) is 0 Å². The van der Waals surface area contributed by atoms with Crippen LogP contribution in [0.1, 0.15) is 60.3 Å². The molecule has 0 bridgehead atoms. The molecular weight excluding hydrogens is 213 g/mol. The maximum absolute atomic E-state index is 12.6. The summed E-state index contributed by atoms with van der Waals surface area (Å²) < 4.78 is 37.9. The van der Waals surface area contributed by atoms with Crippen molar-refractivity contribution in [2.24, 2.45) is 17.3 Å². The molecule has 0 rings (SSSR count). The van der Waals surface area contributed by atoms with Gasteiger partial charge < -0.3 is 0 Å². The van der Waals surface area contributed by atoms with Gasteiger partial charge in [-0.15, -0.1) is 0 Å². The predicted molar refractivity (Wildman–Crippen MR) is 62.3 cm³/mol. The third-order valence-electron chi connectivity index (χ3n) is 3.95. The highest BCUT2D eigenvalue weighted by Gasteiger charge is 2.42. The first-order chi connectivity index (χ1) is 7.19. The van der Waals surface area contributed by atoms with Crippen LogP contribution < -0.4 is 0 Å². The van der Waals surface area contributed by atoms with E-state index in [0.29, 0.717) is 5.92 Å². The van der Waals surface area contributed by atoms with Crippen LogP contribution in [0.4, 0.5) is 13.2 Å². The van der Waals surface area contributed by atoms with Crippen molar-refractivity contribution in [2.75, 3.05) is 0 Å². The molecule has 0 amide bonds. The SMILES string of the molecule is CCCC(CC)(CC(C)C(F)(F)F)C(C)C. The molecule has 0 aromatic heterocycles. The van der Waals surface area contributed by atoms with Crippen LogP contribution in [0.3, 0.4) is 0 Å². The minimum Gasteiger partial charge on any atom is -0.171 e. The van der Waals surface area contributed by atoms with Crippen molar-refractivity contribution in [3.63, 3.8) is 0 Å². The van der Waals surface area contributed by atoms with E-state index >= 15 is 0 Å². The Balaban J connectivity index is 4.78. The second-order valence-electron chi connectivity index (χ2n) is 5.27. The van der Waals surface area contributed by atoms with E-state index in [1.54, 1.807) is 0 Å². The summed E-state index contributed by atoms with van der Waals surface area (Å²) >= 11 is 0. The van der Waals surface area contributed by atoms with Gasteiger partial charge >= 0.3 is 6.18 Å². The van der Waals surface area contributed by atoms with Crippen LogP contribution in [-0.4, -0.2) is 6.18 Å². The molecule has 3 heteroatoms. The summed E-state index contributed by atoms with van der Waals surface area (Å²) in [6.07, 6.45) is -1.11. The van der Waals surface area contributed by atoms with Crippen molar-refractivity contribution in [1.29, 1.82) is 0 Å². The van der Waals surface area contributed by atoms with Crippen LogP contribution in [0.5, 0.6) is 0 Å². The van der Waals surface area contributed by atoms with Gasteiger partial charge in [0, 0.05) is 0 Å². The van der Waals surface area contributed by atoms with Gasteiger partial charge in [0.25, 0.3) is 0 Å². The summed E-state index contributed by atoms with van der Waals surface area (Å²) in [6, 6.07) is 0. The molecule has 0 radical (unpaired) electrons. The van der Waals surface area contributed by atoms with Gasteiger partial charge in [-0.1, -0.05) is 47.5 Å². The molecule has 0 nitrogen and oxygen atoms in total. The Morgan fingerprint density at radius 2 is 1.50 bits per heavy atom. The minimum atomic E-state index is -4.05. The Bertz CT molecular complexity index is 196. The maximum Gasteiger partial charge on any atom is 0.391 e. The number of halogens is 3. The lowest BCUT2D eigenvalue weighted by molar-refractivity contribution is -0.180. The average Bonchev–Trinajstić information content (AvgIpc) is 2.14. The maximum atomic E-state index is 12.6. The predicted octanol–water partition coefficient (Wildman–Crippen LogP) is 5.43. The standard InChI is InChI=1S/C13H25F3/c1-6-8-12(7-2,10(3)4)9-11(5)13(14,15)16/h10-11H,6-9H2,1-5H3. The van der Waals surface area contributed by atoms with Gasteiger partial charge in [-0.2, -0.15) is 13.2 Å². The normalized spacial score (nSPS) is 18.6. The van der Waals surface area contributed by atoms with E-state index in [0.717, 1.165) is 19.3 Å². The van der Waals surface area contributed by atoms with E-state index < -0.39 is 12.1 Å². The van der Waals surface area contributed by atoms with E-state index in [2.05, 4.69) is 0 Å². The van der Waals surface area contributed by atoms with Gasteiger partial charge in [0.05, 0.1) is 5.92 Å². The van der Waals surface area contributed by atoms with Crippen LogP contribution in [0.2, 0.25) is 0 Å². The molecule has 0 aliphatic carbocycles. The molecule has 0 fully saturated rings. The highest BCUT2D eigenvalue weighted by molar-refractivity contribution is 4.84. The van der Waals surface area contributed by atoms with Crippen molar-refractivity contribution in [2.45, 2.75) is 66.5 Å². The van der Waals surface area contributed by atoms with Crippen LogP contribution in [0, 0.1) is 17.3 Å². The molecule has 0 saturated heterocycles. The van der Waals surface area contributed by atoms with Crippen LogP contribution in [0.25, 0.3) is 0 Å². The first-order valence-corrected chi connectivity index (χ1v) is 6.26. The lowest BCUT2D eigenvalue weighted by Crippen LogP contribution is -2.33. The first kappa shape index (κ1) is 15.8. The lowest BCUT2D eigenvalue weighted by atomic mass is 9.67. The van der Waals surface area contributed by atoms with E-state index in [1.807, 2.05) is 27.7 Å². The van der Waals surface area contributed by atoms with Crippen LogP contribution in [0.15, 0.2) is 0 Å². The minimum absolute atomic E-state index is 0.149. The summed E-state index contributed by atoms with van der Waals surface area (Å²) in [6.45, 7) is 9.46. The van der Waals surface area contributed by atoms with E-state index in [9.17, 15) is 13.2 Å². The van der Waals surface area contributed by atoms with Crippen molar-refractivity contribution < 1.29 is 13.2 Å². The zero-order valence-electron chi connectivity index (χ0n) is 11.1. The molecule has 0 spiro atoms. The Labute approximate surface area is 97.6 Å². The quantitative estimate of drug-likeness (QED) is 0.579. The van der Waals surface area contributed by atoms with Gasteiger partial charge in [0.2, 0.25) is 0 Å². The van der Waals surface area contributed by atoms with Crippen molar-refractivity contribution in [3.05, 3.63) is 0 Å². The fraction of sp³-hybridized carbons (Fsp3) is 1.00. The van der Waals surface area contributed by atoms with Crippen molar-refractivity contribution in [3.8, 4) is 0 Å². The molecule has 0 aromatic carbocycles. The van der Waals surface area contributed by atoms with E-state index in [1.165, 1.54) is 6.92 Å². The summed E-state index contributed by atoms with van der Waals surface area (Å²) in [4.78, 5) is 0. The van der Waals surface area contributed by atoms with Gasteiger partial charge in [-0.05, 0) is 24.2 Å². The molecular formula is C13H25F3. The summed E-state index contributed by atoms with van der Waals surface area (Å²) in [5, 5.41) is 0. The fourth-order valence-corrected chi connectivity index (χ4v) is 2.58. The Hall–Kier alpha value is -0.210. The lowest BCUT2D eigenvalue weighted by Gasteiger charge is -2.39. The average molecular weight is 238 g/mol. The van der Waals surface area contributed by atoms with Crippen molar-refractivity contribution >= 4 is 0 Å². The Morgan fingerprint density at radius 3 is 1.75 bits per heavy atom. The summed E-state index contributed by atoms with van der Waals surface area (Å²) in [7, 11) is 0. The molecule has 0 N–H and O–H groups in total. The molecule has 2 atom stereocenters. The first-order valence-electron chi connectivity index (χ1n) is 6.26. The Morgan fingerprint density at radius 1 is 1.00 bits per heavy atom. The third kappa shape index (κ3) is 3.99. The second-order valence-corrected chi connectivity index (χ2v) is 5.27. The molecule has 98 valence electrons. The van der Waals surface area contributed by atoms with E-state index in [4.69, 9.17) is 0 Å². The molecule has 0 saturated carbocycles. The summed E-state index contributed by atoms with van der Waals surface area (Å²) in [5.41, 5.74) is -0.149. The van der Waals surface area contributed by atoms with Crippen LogP contribution >= 0.6 is 0 Å². The molecule has 16 heavy (non-hydrogen) atoms. The van der Waals surface area contributed by atoms with Gasteiger partial charge in [0.1, 0.15) is 0 Å². The van der Waals surface area contributed by atoms with E-state index in [-0.39, 0.29) is 11.8 Å². The molecule has 0 aliphatic rings. The smallest absolute Gasteiger partial charge is 0.171 e. The van der Waals surface area contributed by atoms with Gasteiger partial charge in [-0.25, -0.2) is 0 Å². The molecule has 0 heterocycles. The molecule has 0 aliphatic heterocycles. The third-order valence-corrected chi connectivity index (χ3v) is 3.95. The van der Waals surface area contributed by atoms with Crippen molar-refractivity contribution in [1.82, 2.24) is 0 Å². The molecule has 2 unspecified atom stereocenters. The largest absolute Gasteiger partial charge is 0.391 e. The summed E-state index contributed by atoms with van der Waals surface area (Å²) in [5.74, 6) is -0.886. The Kier molecular flexibility index (Phi) is 5.85. The number of hydrogen-bond donors (Lipinski definition) is 0. The topological polar surface area (TPSA) is 0 Å². The highest BCUT2D eigenvalue weighted by Crippen LogP contribution is 2.45. The number of hydrogen-bond acceptors (Lipinski definition) is 0. The fourth-order valence-electron chi connectivity index (χ4n) is 2.58. The van der Waals surface area contributed by atoms with Crippen LogP contribution in [-0.2, 0) is 0 Å². The second kappa shape index (κ2) is 5.92. The zero-order valence-corrected chi connectivity index (χ0v) is 11.1. The highest BCUT2D eigenvalue weighted by atomic mass is 19.4. The number of rotatable bonds is 6. The zero-order chi connectivity index (χ0) is 13.0.